The summed E-state index contributed by atoms with van der Waals surface area (Å²) in [5, 5.41) is 8.42. The number of para-hydroxylation sites is 3. The van der Waals surface area contributed by atoms with Gasteiger partial charge in [0.1, 0.15) is 5.82 Å². The normalized spacial score (nSPS) is 12.3. The van der Waals surface area contributed by atoms with Gasteiger partial charge < -0.3 is 4.57 Å². The summed E-state index contributed by atoms with van der Waals surface area (Å²) in [4.78, 5) is 10.2. The Kier molecular flexibility index (Phi) is 6.10. The van der Waals surface area contributed by atoms with Crippen molar-refractivity contribution < 1.29 is 0 Å². The van der Waals surface area contributed by atoms with Gasteiger partial charge >= 0.3 is 0 Å². The molecule has 6 aromatic carbocycles. The molecular weight excluding hydrogens is 609 g/mol. The minimum Gasteiger partial charge on any atom is -0.309 e. The molecule has 0 aliphatic rings. The van der Waals surface area contributed by atoms with Crippen LogP contribution in [-0.2, 0) is 5.41 Å². The van der Waals surface area contributed by atoms with E-state index in [1.807, 2.05) is 6.20 Å². The van der Waals surface area contributed by atoms with Gasteiger partial charge in [0.25, 0.3) is 0 Å². The average Bonchev–Trinajstić information content (AvgIpc) is 3.66. The Bertz CT molecular complexity index is 2970. The largest absolute Gasteiger partial charge is 0.309 e. The van der Waals surface area contributed by atoms with Crippen LogP contribution in [0, 0.1) is 0 Å². The molecule has 0 aliphatic carbocycles. The minimum atomic E-state index is 0.00745. The molecule has 4 aromatic heterocycles. The van der Waals surface area contributed by atoms with Gasteiger partial charge in [0.2, 0.25) is 0 Å². The van der Waals surface area contributed by atoms with E-state index >= 15 is 0 Å². The first-order valence-electron chi connectivity index (χ1n) is 17.3. The Labute approximate surface area is 289 Å². The van der Waals surface area contributed by atoms with E-state index in [4.69, 9.17) is 9.97 Å². The highest BCUT2D eigenvalue weighted by Crippen LogP contribution is 2.39. The van der Waals surface area contributed by atoms with Crippen LogP contribution in [-0.4, -0.2) is 19.1 Å². The monoisotopic (exact) mass is 642 g/mol. The number of pyridine rings is 2. The fourth-order valence-corrected chi connectivity index (χ4v) is 7.87. The smallest absolute Gasteiger partial charge is 0.137 e. The van der Waals surface area contributed by atoms with Gasteiger partial charge in [0.05, 0.1) is 33.3 Å². The lowest BCUT2D eigenvalue weighted by Crippen LogP contribution is -2.12. The van der Waals surface area contributed by atoms with E-state index in [2.05, 4.69) is 175 Å². The highest BCUT2D eigenvalue weighted by molar-refractivity contribution is 6.14. The average molecular weight is 643 g/mol. The van der Waals surface area contributed by atoms with Crippen LogP contribution < -0.4 is 0 Å². The molecule has 0 fully saturated rings. The number of fused-ring (bicyclic) bond motifs is 9. The zero-order chi connectivity index (χ0) is 33.6. The lowest BCUT2D eigenvalue weighted by atomic mass is 9.88. The van der Waals surface area contributed by atoms with Crippen molar-refractivity contribution in [3.63, 3.8) is 0 Å². The summed E-state index contributed by atoms with van der Waals surface area (Å²) in [5.74, 6) is 0.930. The molecule has 0 amide bonds. The molecule has 0 radical (unpaired) electrons. The van der Waals surface area contributed by atoms with E-state index in [9.17, 15) is 0 Å². The fourth-order valence-electron chi connectivity index (χ4n) is 7.87. The Morgan fingerprint density at radius 2 is 1.04 bits per heavy atom. The van der Waals surface area contributed by atoms with E-state index < -0.39 is 0 Å². The van der Waals surface area contributed by atoms with Crippen LogP contribution in [0.4, 0.5) is 0 Å². The molecule has 4 nitrogen and oxygen atoms in total. The standard InChI is InChI=1S/C46H34N4/c1-46(2,3)30-24-25-47-44(27-30)50-41-19-11-8-15-35(41)37-23-21-31(28-43(37)50)49-40-18-10-7-14-34(40)36-22-20-29(26-42(36)49)45-38-16-5-4-12-32(38)33-13-6-9-17-39(33)48-45/h4-28H,1-3H3. The second-order valence-electron chi connectivity index (χ2n) is 14.3. The van der Waals surface area contributed by atoms with Crippen molar-refractivity contribution in [3.05, 3.63) is 157 Å². The number of benzene rings is 6. The van der Waals surface area contributed by atoms with Gasteiger partial charge in [-0.2, -0.15) is 0 Å². The number of rotatable bonds is 3. The third-order valence-electron chi connectivity index (χ3n) is 10.3. The van der Waals surface area contributed by atoms with Gasteiger partial charge in [0.15, 0.2) is 0 Å². The Hall–Kier alpha value is -6.26. The first-order chi connectivity index (χ1) is 24.4. The van der Waals surface area contributed by atoms with E-state index in [1.165, 1.54) is 43.4 Å². The maximum atomic E-state index is 5.25. The van der Waals surface area contributed by atoms with Gasteiger partial charge in [-0.3, -0.25) is 4.57 Å². The molecule has 0 saturated carbocycles. The second-order valence-corrected chi connectivity index (χ2v) is 14.3. The molecule has 4 heteroatoms. The summed E-state index contributed by atoms with van der Waals surface area (Å²) < 4.78 is 4.74. The molecule has 0 spiro atoms. The number of aromatic nitrogens is 4. The summed E-state index contributed by atoms with van der Waals surface area (Å²) in [7, 11) is 0. The highest BCUT2D eigenvalue weighted by Gasteiger charge is 2.20. The third-order valence-corrected chi connectivity index (χ3v) is 10.3. The molecular formula is C46H34N4. The number of hydrogen-bond acceptors (Lipinski definition) is 2. The van der Waals surface area contributed by atoms with E-state index in [0.29, 0.717) is 0 Å². The fraction of sp³-hybridized carbons (Fsp3) is 0.0870. The Morgan fingerprint density at radius 1 is 0.460 bits per heavy atom. The van der Waals surface area contributed by atoms with Crippen LogP contribution in [0.1, 0.15) is 26.3 Å². The molecule has 10 aromatic rings. The second kappa shape index (κ2) is 10.6. The molecule has 50 heavy (non-hydrogen) atoms. The molecule has 238 valence electrons. The number of nitrogens with zero attached hydrogens (tertiary/aromatic N) is 4. The van der Waals surface area contributed by atoms with Crippen LogP contribution in [0.25, 0.3) is 88.0 Å². The van der Waals surface area contributed by atoms with E-state index in [0.717, 1.165) is 50.2 Å². The summed E-state index contributed by atoms with van der Waals surface area (Å²) in [5.41, 5.74) is 10.1. The SMILES string of the molecule is CC(C)(C)c1ccnc(-n2c3ccccc3c3ccc(-n4c5ccccc5c5ccc(-c6nc7ccccc7c7ccccc67)cc54)cc32)c1. The molecule has 0 aliphatic heterocycles. The predicted octanol–water partition coefficient (Wildman–Crippen LogP) is 11.9. The van der Waals surface area contributed by atoms with Gasteiger partial charge in [-0.25, -0.2) is 9.97 Å². The predicted molar refractivity (Wildman–Crippen MR) is 210 cm³/mol. The Morgan fingerprint density at radius 3 is 1.78 bits per heavy atom. The van der Waals surface area contributed by atoms with Crippen molar-refractivity contribution in [2.75, 3.05) is 0 Å². The van der Waals surface area contributed by atoms with Crippen molar-refractivity contribution in [3.8, 4) is 22.8 Å². The lowest BCUT2D eigenvalue weighted by molar-refractivity contribution is 0.588. The van der Waals surface area contributed by atoms with Crippen molar-refractivity contribution in [1.29, 1.82) is 0 Å². The summed E-state index contributed by atoms with van der Waals surface area (Å²) in [6, 6.07) is 52.5. The van der Waals surface area contributed by atoms with Crippen LogP contribution in [0.3, 0.4) is 0 Å². The molecule has 0 N–H and O–H groups in total. The van der Waals surface area contributed by atoms with Crippen molar-refractivity contribution in [2.45, 2.75) is 26.2 Å². The van der Waals surface area contributed by atoms with Crippen LogP contribution >= 0.6 is 0 Å². The zero-order valence-electron chi connectivity index (χ0n) is 28.2. The van der Waals surface area contributed by atoms with Gasteiger partial charge in [-0.1, -0.05) is 118 Å². The maximum absolute atomic E-state index is 5.25. The van der Waals surface area contributed by atoms with Crippen LogP contribution in [0.15, 0.2) is 152 Å². The molecule has 0 bridgehead atoms. The molecule has 10 rings (SSSR count). The van der Waals surface area contributed by atoms with Gasteiger partial charge in [-0.05, 0) is 64.9 Å². The first kappa shape index (κ1) is 28.7. The minimum absolute atomic E-state index is 0.00745. The Balaban J connectivity index is 1.26. The highest BCUT2D eigenvalue weighted by atomic mass is 15.1. The van der Waals surface area contributed by atoms with E-state index in [-0.39, 0.29) is 5.41 Å². The zero-order valence-corrected chi connectivity index (χ0v) is 28.2. The molecule has 4 heterocycles. The van der Waals surface area contributed by atoms with Gasteiger partial charge in [-0.15, -0.1) is 0 Å². The summed E-state index contributed by atoms with van der Waals surface area (Å²) >= 11 is 0. The van der Waals surface area contributed by atoms with Crippen molar-refractivity contribution in [2.24, 2.45) is 0 Å². The van der Waals surface area contributed by atoms with Crippen molar-refractivity contribution in [1.82, 2.24) is 19.1 Å². The number of hydrogen-bond donors (Lipinski definition) is 0. The lowest BCUT2D eigenvalue weighted by Gasteiger charge is -2.20. The van der Waals surface area contributed by atoms with Crippen LogP contribution in [0.2, 0.25) is 0 Å². The molecule has 0 saturated heterocycles. The summed E-state index contributed by atoms with van der Waals surface area (Å²) in [6.45, 7) is 6.76. The summed E-state index contributed by atoms with van der Waals surface area (Å²) in [6.07, 6.45) is 1.94. The van der Waals surface area contributed by atoms with Gasteiger partial charge in [0, 0.05) is 49.8 Å². The van der Waals surface area contributed by atoms with Crippen LogP contribution in [0.5, 0.6) is 0 Å². The van der Waals surface area contributed by atoms with E-state index in [1.54, 1.807) is 0 Å². The topological polar surface area (TPSA) is 35.6 Å². The molecule has 0 unspecified atom stereocenters. The third kappa shape index (κ3) is 4.25. The quantitative estimate of drug-likeness (QED) is 0.180. The molecule has 0 atom stereocenters. The first-order valence-corrected chi connectivity index (χ1v) is 17.3. The van der Waals surface area contributed by atoms with Crippen molar-refractivity contribution >= 4 is 65.3 Å². The maximum Gasteiger partial charge on any atom is 0.137 e.